The number of non-ortho nitro benzene ring substituents is 1. The zero-order chi connectivity index (χ0) is 11.0. The number of nitro benzene ring substituents is 1. The number of H-pyrrole nitrogens is 1. The van der Waals surface area contributed by atoms with Gasteiger partial charge < -0.3 is 4.98 Å². The number of aromatic amines is 1. The van der Waals surface area contributed by atoms with Crippen LogP contribution in [0.25, 0.3) is 10.9 Å². The first-order valence-electron chi connectivity index (χ1n) is 4.03. The predicted octanol–water partition coefficient (Wildman–Crippen LogP) is 2.54. The molecule has 0 aliphatic heterocycles. The summed E-state index contributed by atoms with van der Waals surface area (Å²) in [6, 6.07) is 4.32. The summed E-state index contributed by atoms with van der Waals surface area (Å²) in [6.07, 6.45) is 0.595. The van der Waals surface area contributed by atoms with Crippen LogP contribution in [-0.2, 0) is 0 Å². The SMILES string of the molecule is O=Cc1cc2cc(Cl)cc([N+](=O)[O-])c2[nH]1. The summed E-state index contributed by atoms with van der Waals surface area (Å²) in [5.74, 6) is 0. The maximum atomic E-state index is 10.7. The number of nitro groups is 1. The number of aldehydes is 1. The van der Waals surface area contributed by atoms with Crippen molar-refractivity contribution in [2.45, 2.75) is 0 Å². The number of halogens is 1. The molecule has 0 aliphatic carbocycles. The number of hydrogen-bond acceptors (Lipinski definition) is 3. The molecule has 1 N–H and O–H groups in total. The van der Waals surface area contributed by atoms with E-state index in [9.17, 15) is 14.9 Å². The average molecular weight is 225 g/mol. The average Bonchev–Trinajstić information content (AvgIpc) is 2.58. The molecule has 5 nitrogen and oxygen atoms in total. The van der Waals surface area contributed by atoms with E-state index in [2.05, 4.69) is 4.98 Å². The van der Waals surface area contributed by atoms with E-state index in [4.69, 9.17) is 11.6 Å². The minimum Gasteiger partial charge on any atom is -0.347 e. The summed E-state index contributed by atoms with van der Waals surface area (Å²) in [4.78, 5) is 23.3. The smallest absolute Gasteiger partial charge is 0.294 e. The summed E-state index contributed by atoms with van der Waals surface area (Å²) in [7, 11) is 0. The van der Waals surface area contributed by atoms with Gasteiger partial charge in [-0.1, -0.05) is 11.6 Å². The Morgan fingerprint density at radius 1 is 1.40 bits per heavy atom. The lowest BCUT2D eigenvalue weighted by Gasteiger charge is -1.94. The van der Waals surface area contributed by atoms with Crippen LogP contribution in [0.1, 0.15) is 10.5 Å². The number of fused-ring (bicyclic) bond motifs is 1. The minimum absolute atomic E-state index is 0.134. The molecule has 0 spiro atoms. The summed E-state index contributed by atoms with van der Waals surface area (Å²) < 4.78 is 0. The predicted molar refractivity (Wildman–Crippen MR) is 55.4 cm³/mol. The van der Waals surface area contributed by atoms with E-state index in [0.717, 1.165) is 0 Å². The Hall–Kier alpha value is -1.88. The summed E-state index contributed by atoms with van der Waals surface area (Å²) in [5, 5.41) is 11.5. The van der Waals surface area contributed by atoms with Gasteiger partial charge in [-0.2, -0.15) is 0 Å². The van der Waals surface area contributed by atoms with Gasteiger partial charge in [0, 0.05) is 16.5 Å². The number of nitrogens with zero attached hydrogens (tertiary/aromatic N) is 1. The quantitative estimate of drug-likeness (QED) is 0.484. The van der Waals surface area contributed by atoms with E-state index in [1.54, 1.807) is 6.07 Å². The summed E-state index contributed by atoms with van der Waals surface area (Å²) in [5.41, 5.74) is 0.465. The van der Waals surface area contributed by atoms with Crippen molar-refractivity contribution in [3.63, 3.8) is 0 Å². The lowest BCUT2D eigenvalue weighted by molar-refractivity contribution is -0.383. The van der Waals surface area contributed by atoms with E-state index in [-0.39, 0.29) is 16.4 Å². The van der Waals surface area contributed by atoms with Crippen LogP contribution in [-0.4, -0.2) is 16.2 Å². The van der Waals surface area contributed by atoms with Gasteiger partial charge in [-0.3, -0.25) is 14.9 Å². The van der Waals surface area contributed by atoms with Gasteiger partial charge in [0.05, 0.1) is 10.6 Å². The molecule has 1 aromatic heterocycles. The summed E-state index contributed by atoms with van der Waals surface area (Å²) >= 11 is 5.71. The first-order valence-corrected chi connectivity index (χ1v) is 4.41. The molecule has 6 heteroatoms. The third kappa shape index (κ3) is 1.57. The van der Waals surface area contributed by atoms with Crippen molar-refractivity contribution in [3.8, 4) is 0 Å². The van der Waals surface area contributed by atoms with Crippen molar-refractivity contribution >= 4 is 34.5 Å². The Labute approximate surface area is 88.8 Å². The molecule has 15 heavy (non-hydrogen) atoms. The molecule has 0 atom stereocenters. The number of carbonyl (C=O) groups excluding carboxylic acids is 1. The van der Waals surface area contributed by atoms with Crippen LogP contribution in [0.15, 0.2) is 18.2 Å². The van der Waals surface area contributed by atoms with Crippen molar-refractivity contribution in [1.29, 1.82) is 0 Å². The molecule has 0 amide bonds. The topological polar surface area (TPSA) is 76.0 Å². The first kappa shape index (κ1) is 9.67. The normalized spacial score (nSPS) is 10.5. The van der Waals surface area contributed by atoms with Gasteiger partial charge >= 0.3 is 0 Å². The van der Waals surface area contributed by atoms with Crippen LogP contribution in [0.3, 0.4) is 0 Å². The molecule has 2 aromatic rings. The number of carbonyl (C=O) groups is 1. The van der Waals surface area contributed by atoms with Crippen LogP contribution in [0, 0.1) is 10.1 Å². The fraction of sp³-hybridized carbons (Fsp3) is 0. The Kier molecular flexibility index (Phi) is 2.17. The van der Waals surface area contributed by atoms with Crippen molar-refractivity contribution in [2.24, 2.45) is 0 Å². The first-order chi connectivity index (χ1) is 7.11. The van der Waals surface area contributed by atoms with Gasteiger partial charge in [0.1, 0.15) is 5.52 Å². The highest BCUT2D eigenvalue weighted by Crippen LogP contribution is 2.29. The molecular formula is C9H5ClN2O3. The number of aromatic nitrogens is 1. The van der Waals surface area contributed by atoms with E-state index < -0.39 is 4.92 Å². The highest BCUT2D eigenvalue weighted by atomic mass is 35.5. The van der Waals surface area contributed by atoms with Crippen molar-refractivity contribution in [2.75, 3.05) is 0 Å². The van der Waals surface area contributed by atoms with E-state index in [0.29, 0.717) is 17.2 Å². The van der Waals surface area contributed by atoms with Crippen LogP contribution < -0.4 is 0 Å². The molecule has 0 radical (unpaired) electrons. The Morgan fingerprint density at radius 2 is 2.13 bits per heavy atom. The minimum atomic E-state index is -0.542. The zero-order valence-electron chi connectivity index (χ0n) is 7.36. The van der Waals surface area contributed by atoms with Crippen LogP contribution in [0.5, 0.6) is 0 Å². The van der Waals surface area contributed by atoms with Crippen molar-refractivity contribution in [1.82, 2.24) is 4.98 Å². The van der Waals surface area contributed by atoms with E-state index >= 15 is 0 Å². The molecule has 1 heterocycles. The number of rotatable bonds is 2. The van der Waals surface area contributed by atoms with Crippen LogP contribution in [0.2, 0.25) is 5.02 Å². The van der Waals surface area contributed by atoms with Crippen LogP contribution in [0.4, 0.5) is 5.69 Å². The lowest BCUT2D eigenvalue weighted by Crippen LogP contribution is -1.89. The van der Waals surface area contributed by atoms with Gasteiger partial charge in [-0.15, -0.1) is 0 Å². The van der Waals surface area contributed by atoms with Gasteiger partial charge in [-0.05, 0) is 12.1 Å². The van der Waals surface area contributed by atoms with Crippen molar-refractivity contribution in [3.05, 3.63) is 39.0 Å². The standard InChI is InChI=1S/C9H5ClN2O3/c10-6-1-5-2-7(4-13)11-9(5)8(3-6)12(14)15/h1-4,11H. The van der Waals surface area contributed by atoms with E-state index in [1.165, 1.54) is 12.1 Å². The molecular weight excluding hydrogens is 220 g/mol. The molecule has 2 rings (SSSR count). The Balaban J connectivity index is 2.83. The Bertz CT molecular complexity index is 562. The lowest BCUT2D eigenvalue weighted by atomic mass is 10.2. The second-order valence-electron chi connectivity index (χ2n) is 2.99. The van der Waals surface area contributed by atoms with Gasteiger partial charge in [0.15, 0.2) is 6.29 Å². The summed E-state index contributed by atoms with van der Waals surface area (Å²) in [6.45, 7) is 0. The molecule has 0 saturated heterocycles. The maximum absolute atomic E-state index is 10.7. The second-order valence-corrected chi connectivity index (χ2v) is 3.43. The third-order valence-electron chi connectivity index (χ3n) is 2.02. The highest BCUT2D eigenvalue weighted by Gasteiger charge is 2.15. The monoisotopic (exact) mass is 224 g/mol. The molecule has 1 aromatic carbocycles. The fourth-order valence-corrected chi connectivity index (χ4v) is 1.64. The number of hydrogen-bond donors (Lipinski definition) is 1. The number of benzene rings is 1. The second kappa shape index (κ2) is 3.36. The zero-order valence-corrected chi connectivity index (χ0v) is 8.12. The highest BCUT2D eigenvalue weighted by molar-refractivity contribution is 6.31. The van der Waals surface area contributed by atoms with Gasteiger partial charge in [-0.25, -0.2) is 0 Å². The molecule has 76 valence electrons. The van der Waals surface area contributed by atoms with Crippen LogP contribution >= 0.6 is 11.6 Å². The number of nitrogens with one attached hydrogen (secondary N) is 1. The molecule has 0 fully saturated rings. The largest absolute Gasteiger partial charge is 0.347 e. The maximum Gasteiger partial charge on any atom is 0.294 e. The van der Waals surface area contributed by atoms with Crippen molar-refractivity contribution < 1.29 is 9.72 Å². The van der Waals surface area contributed by atoms with Gasteiger partial charge in [0.2, 0.25) is 0 Å². The Morgan fingerprint density at radius 3 is 2.73 bits per heavy atom. The third-order valence-corrected chi connectivity index (χ3v) is 2.24. The fourth-order valence-electron chi connectivity index (χ4n) is 1.42. The van der Waals surface area contributed by atoms with E-state index in [1.807, 2.05) is 0 Å². The molecule has 0 unspecified atom stereocenters. The molecule has 0 saturated carbocycles. The molecule has 0 aliphatic rings. The van der Waals surface area contributed by atoms with Gasteiger partial charge in [0.25, 0.3) is 5.69 Å². The molecule has 0 bridgehead atoms.